The summed E-state index contributed by atoms with van der Waals surface area (Å²) in [4.78, 5) is 24.3. The fourth-order valence-electron chi connectivity index (χ4n) is 2.73. The molecule has 30 heavy (non-hydrogen) atoms. The van der Waals surface area contributed by atoms with Gasteiger partial charge in [-0.25, -0.2) is 0 Å². The Bertz CT molecular complexity index is 958. The molecule has 0 spiro atoms. The van der Waals surface area contributed by atoms with Crippen molar-refractivity contribution in [2.75, 3.05) is 18.5 Å². The molecule has 2 aromatic carbocycles. The van der Waals surface area contributed by atoms with Gasteiger partial charge in [0, 0.05) is 25.1 Å². The standard InChI is InChI=1S/C22H24N4O3S/c1-2-29-18-10-8-16(9-11-18)14-15-23-19(27)12-13-20-25-26-22(30-20)21(28)24-17-6-4-3-5-7-17/h3-11H,2,12-15H2,1H3,(H,23,27)(H,24,28). The molecule has 1 heterocycles. The largest absolute Gasteiger partial charge is 0.494 e. The van der Waals surface area contributed by atoms with E-state index in [0.717, 1.165) is 17.7 Å². The third-order valence-electron chi connectivity index (χ3n) is 4.23. The van der Waals surface area contributed by atoms with Gasteiger partial charge in [0.1, 0.15) is 10.8 Å². The molecule has 2 amide bonds. The van der Waals surface area contributed by atoms with Crippen LogP contribution in [0, 0.1) is 0 Å². The molecule has 3 aromatic rings. The van der Waals surface area contributed by atoms with Crippen molar-refractivity contribution in [3.8, 4) is 5.75 Å². The van der Waals surface area contributed by atoms with Crippen LogP contribution < -0.4 is 15.4 Å². The molecule has 0 radical (unpaired) electrons. The number of aromatic nitrogens is 2. The van der Waals surface area contributed by atoms with E-state index in [4.69, 9.17) is 4.74 Å². The first-order valence-corrected chi connectivity index (χ1v) is 10.6. The van der Waals surface area contributed by atoms with Crippen molar-refractivity contribution in [1.82, 2.24) is 15.5 Å². The molecule has 0 aliphatic heterocycles. The molecule has 7 nitrogen and oxygen atoms in total. The molecule has 3 rings (SSSR count). The molecule has 156 valence electrons. The van der Waals surface area contributed by atoms with Gasteiger partial charge in [-0.2, -0.15) is 0 Å². The highest BCUT2D eigenvalue weighted by molar-refractivity contribution is 7.13. The molecule has 2 N–H and O–H groups in total. The number of hydrogen-bond acceptors (Lipinski definition) is 6. The third-order valence-corrected chi connectivity index (χ3v) is 5.21. The van der Waals surface area contributed by atoms with Gasteiger partial charge in [-0.15, -0.1) is 10.2 Å². The summed E-state index contributed by atoms with van der Waals surface area (Å²) >= 11 is 1.20. The van der Waals surface area contributed by atoms with Gasteiger partial charge < -0.3 is 15.4 Å². The first kappa shape index (κ1) is 21.4. The molecule has 1 aromatic heterocycles. The first-order chi connectivity index (χ1) is 14.6. The van der Waals surface area contributed by atoms with Crippen LogP contribution in [0.2, 0.25) is 0 Å². The number of carbonyl (C=O) groups excluding carboxylic acids is 2. The number of nitrogens with zero attached hydrogens (tertiary/aromatic N) is 2. The minimum atomic E-state index is -0.301. The predicted molar refractivity (Wildman–Crippen MR) is 117 cm³/mol. The van der Waals surface area contributed by atoms with Crippen molar-refractivity contribution in [2.24, 2.45) is 0 Å². The summed E-state index contributed by atoms with van der Waals surface area (Å²) in [6.07, 6.45) is 1.50. The van der Waals surface area contributed by atoms with Crippen LogP contribution in [0.4, 0.5) is 5.69 Å². The Morgan fingerprint density at radius 3 is 2.50 bits per heavy atom. The molecule has 0 unspecified atom stereocenters. The Balaban J connectivity index is 1.38. The van der Waals surface area contributed by atoms with E-state index in [2.05, 4.69) is 20.8 Å². The van der Waals surface area contributed by atoms with E-state index in [1.165, 1.54) is 11.3 Å². The quantitative estimate of drug-likeness (QED) is 0.520. The van der Waals surface area contributed by atoms with Gasteiger partial charge in [0.2, 0.25) is 10.9 Å². The van der Waals surface area contributed by atoms with Gasteiger partial charge in [-0.1, -0.05) is 41.7 Å². The van der Waals surface area contributed by atoms with E-state index in [9.17, 15) is 9.59 Å². The van der Waals surface area contributed by atoms with Gasteiger partial charge in [0.05, 0.1) is 6.61 Å². The molecule has 8 heteroatoms. The highest BCUT2D eigenvalue weighted by Crippen LogP contribution is 2.15. The molecule has 0 saturated heterocycles. The molecule has 0 fully saturated rings. The molecule has 0 aliphatic rings. The summed E-state index contributed by atoms with van der Waals surface area (Å²) in [5.41, 5.74) is 1.84. The van der Waals surface area contributed by atoms with Gasteiger partial charge in [0.25, 0.3) is 5.91 Å². The number of carbonyl (C=O) groups is 2. The first-order valence-electron chi connectivity index (χ1n) is 9.81. The summed E-state index contributed by atoms with van der Waals surface area (Å²) in [7, 11) is 0. The molecule has 0 saturated carbocycles. The second kappa shape index (κ2) is 11.1. The predicted octanol–water partition coefficient (Wildman–Crippen LogP) is 3.48. The number of nitrogens with one attached hydrogen (secondary N) is 2. The van der Waals surface area contributed by atoms with Crippen LogP contribution in [-0.4, -0.2) is 35.2 Å². The zero-order valence-corrected chi connectivity index (χ0v) is 17.6. The molecule has 0 atom stereocenters. The van der Waals surface area contributed by atoms with E-state index in [0.29, 0.717) is 36.7 Å². The van der Waals surface area contributed by atoms with E-state index >= 15 is 0 Å². The lowest BCUT2D eigenvalue weighted by Gasteiger charge is -2.06. The average molecular weight is 425 g/mol. The monoisotopic (exact) mass is 424 g/mol. The van der Waals surface area contributed by atoms with Gasteiger partial charge in [0.15, 0.2) is 0 Å². The Kier molecular flexibility index (Phi) is 7.91. The Labute approximate surface area is 179 Å². The fraction of sp³-hybridized carbons (Fsp3) is 0.273. The van der Waals surface area contributed by atoms with E-state index in [1.54, 1.807) is 12.1 Å². The second-order valence-corrected chi connectivity index (χ2v) is 7.56. The normalized spacial score (nSPS) is 10.4. The smallest absolute Gasteiger partial charge is 0.286 e. The Hall–Kier alpha value is -3.26. The maximum Gasteiger partial charge on any atom is 0.286 e. The minimum Gasteiger partial charge on any atom is -0.494 e. The van der Waals surface area contributed by atoms with Gasteiger partial charge >= 0.3 is 0 Å². The van der Waals surface area contributed by atoms with Crippen LogP contribution in [0.1, 0.15) is 33.7 Å². The summed E-state index contributed by atoms with van der Waals surface area (Å²) in [5, 5.41) is 14.6. The van der Waals surface area contributed by atoms with Crippen molar-refractivity contribution in [3.63, 3.8) is 0 Å². The number of anilines is 1. The number of benzene rings is 2. The lowest BCUT2D eigenvalue weighted by Crippen LogP contribution is -2.25. The number of amides is 2. The van der Waals surface area contributed by atoms with Crippen LogP contribution in [-0.2, 0) is 17.6 Å². The number of ether oxygens (including phenoxy) is 1. The van der Waals surface area contributed by atoms with Crippen LogP contribution in [0.3, 0.4) is 0 Å². The number of aryl methyl sites for hydroxylation is 1. The van der Waals surface area contributed by atoms with Crippen LogP contribution in [0.25, 0.3) is 0 Å². The van der Waals surface area contributed by atoms with Crippen molar-refractivity contribution < 1.29 is 14.3 Å². The second-order valence-electron chi connectivity index (χ2n) is 6.50. The molecule has 0 aliphatic carbocycles. The summed E-state index contributed by atoms with van der Waals surface area (Å²) in [5.74, 6) is 0.496. The Morgan fingerprint density at radius 1 is 1.00 bits per heavy atom. The lowest BCUT2D eigenvalue weighted by molar-refractivity contribution is -0.121. The summed E-state index contributed by atoms with van der Waals surface area (Å²) in [6, 6.07) is 17.0. The maximum absolute atomic E-state index is 12.2. The summed E-state index contributed by atoms with van der Waals surface area (Å²) in [6.45, 7) is 3.16. The molecular formula is C22H24N4O3S. The van der Waals surface area contributed by atoms with Crippen LogP contribution >= 0.6 is 11.3 Å². The molecular weight excluding hydrogens is 400 g/mol. The lowest BCUT2D eigenvalue weighted by atomic mass is 10.1. The minimum absolute atomic E-state index is 0.0496. The van der Waals surface area contributed by atoms with Gasteiger partial charge in [-0.3, -0.25) is 9.59 Å². The molecule has 0 bridgehead atoms. The number of rotatable bonds is 10. The SMILES string of the molecule is CCOc1ccc(CCNC(=O)CCc2nnc(C(=O)Nc3ccccc3)s2)cc1. The number of para-hydroxylation sites is 1. The average Bonchev–Trinajstić information content (AvgIpc) is 3.24. The maximum atomic E-state index is 12.2. The van der Waals surface area contributed by atoms with E-state index in [-0.39, 0.29) is 16.8 Å². The Morgan fingerprint density at radius 2 is 1.77 bits per heavy atom. The van der Waals surface area contributed by atoms with Gasteiger partial charge in [-0.05, 0) is 43.2 Å². The van der Waals surface area contributed by atoms with Crippen molar-refractivity contribution >= 4 is 28.8 Å². The van der Waals surface area contributed by atoms with Crippen molar-refractivity contribution in [1.29, 1.82) is 0 Å². The fourth-order valence-corrected chi connectivity index (χ4v) is 3.46. The van der Waals surface area contributed by atoms with Crippen molar-refractivity contribution in [3.05, 3.63) is 70.2 Å². The highest BCUT2D eigenvalue weighted by Gasteiger charge is 2.14. The topological polar surface area (TPSA) is 93.2 Å². The highest BCUT2D eigenvalue weighted by atomic mass is 32.1. The summed E-state index contributed by atoms with van der Waals surface area (Å²) < 4.78 is 5.42. The third kappa shape index (κ3) is 6.66. The van der Waals surface area contributed by atoms with E-state index < -0.39 is 0 Å². The van der Waals surface area contributed by atoms with Crippen LogP contribution in [0.15, 0.2) is 54.6 Å². The zero-order valence-electron chi connectivity index (χ0n) is 16.8. The van der Waals surface area contributed by atoms with E-state index in [1.807, 2.05) is 49.4 Å². The zero-order chi connectivity index (χ0) is 21.2. The van der Waals surface area contributed by atoms with Crippen LogP contribution in [0.5, 0.6) is 5.75 Å². The van der Waals surface area contributed by atoms with Crippen molar-refractivity contribution in [2.45, 2.75) is 26.2 Å². The number of hydrogen-bond donors (Lipinski definition) is 2.